The Morgan fingerprint density at radius 1 is 1.24 bits per heavy atom. The highest BCUT2D eigenvalue weighted by Crippen LogP contribution is 2.50. The molecule has 2 aliphatic rings. The normalized spacial score (nSPS) is 21.7. The Kier molecular flexibility index (Phi) is 5.73. The van der Waals surface area contributed by atoms with Gasteiger partial charge >= 0.3 is 6.18 Å². The third kappa shape index (κ3) is 4.30. The first-order valence-corrected chi connectivity index (χ1v) is 11.4. The summed E-state index contributed by atoms with van der Waals surface area (Å²) < 4.78 is 83.5. The van der Waals surface area contributed by atoms with Crippen molar-refractivity contribution >= 4 is 22.8 Å². The van der Waals surface area contributed by atoms with Gasteiger partial charge in [0, 0.05) is 37.3 Å². The van der Waals surface area contributed by atoms with E-state index in [1.165, 1.54) is 19.1 Å². The van der Waals surface area contributed by atoms with Gasteiger partial charge in [-0.25, -0.2) is 18.2 Å². The predicted molar refractivity (Wildman–Crippen MR) is 120 cm³/mol. The first-order chi connectivity index (χ1) is 17.3. The van der Waals surface area contributed by atoms with E-state index in [1.807, 2.05) is 0 Å². The van der Waals surface area contributed by atoms with Crippen LogP contribution in [0.3, 0.4) is 0 Å². The summed E-state index contributed by atoms with van der Waals surface area (Å²) in [5.41, 5.74) is -3.87. The van der Waals surface area contributed by atoms with E-state index in [1.54, 1.807) is 10.2 Å². The zero-order valence-corrected chi connectivity index (χ0v) is 19.2. The van der Waals surface area contributed by atoms with Crippen LogP contribution in [0.4, 0.5) is 32.2 Å². The van der Waals surface area contributed by atoms with E-state index in [0.29, 0.717) is 35.9 Å². The molecule has 1 saturated carbocycles. The standard InChI is InChI=1S/C24H20F6N4O3/c1-2-17(24(28,29)30)31-22(36)14-9-34(19-15(26)5-12(25)6-16(19)27)21-13(20(14)35)3-4-18(32-21)33-8-11-7-23(11,37)10-33/h3-6,9,11,17,37H,2,7-8,10H2,1H3,(H,31,36)/t11?,17-,23?/m0/s1. The summed E-state index contributed by atoms with van der Waals surface area (Å²) in [7, 11) is 0. The SMILES string of the molecule is CC[C@H](NC(=O)c1cn(-c2c(F)cc(F)cc2F)c2nc(N3CC4CC4(O)C3)ccc2c1=O)C(F)(F)F. The van der Waals surface area contributed by atoms with Gasteiger partial charge in [-0.2, -0.15) is 13.2 Å². The van der Waals surface area contributed by atoms with E-state index in [0.717, 1.165) is 0 Å². The molecule has 1 aliphatic heterocycles. The number of nitrogens with zero attached hydrogens (tertiary/aromatic N) is 3. The molecule has 2 unspecified atom stereocenters. The molecule has 3 atom stereocenters. The molecular formula is C24H20F6N4O3. The number of piperidine rings is 1. The molecule has 2 fully saturated rings. The topological polar surface area (TPSA) is 87.5 Å². The fourth-order valence-electron chi connectivity index (χ4n) is 4.75. The predicted octanol–water partition coefficient (Wildman–Crippen LogP) is 3.44. The second-order valence-corrected chi connectivity index (χ2v) is 9.36. The van der Waals surface area contributed by atoms with E-state index < -0.39 is 64.3 Å². The van der Waals surface area contributed by atoms with E-state index in [2.05, 4.69) is 4.98 Å². The minimum atomic E-state index is -4.80. The first-order valence-electron chi connectivity index (χ1n) is 11.4. The Morgan fingerprint density at radius 2 is 1.92 bits per heavy atom. The monoisotopic (exact) mass is 526 g/mol. The number of anilines is 1. The van der Waals surface area contributed by atoms with Crippen LogP contribution in [-0.4, -0.2) is 51.5 Å². The molecule has 0 radical (unpaired) electrons. The van der Waals surface area contributed by atoms with Gasteiger partial charge in [-0.15, -0.1) is 0 Å². The number of hydrogen-bond donors (Lipinski definition) is 2. The molecular weight excluding hydrogens is 506 g/mol. The second-order valence-electron chi connectivity index (χ2n) is 9.36. The summed E-state index contributed by atoms with van der Waals surface area (Å²) >= 11 is 0. The number of alkyl halides is 3. The summed E-state index contributed by atoms with van der Waals surface area (Å²) in [6.07, 6.45) is -4.00. The van der Waals surface area contributed by atoms with Crippen molar-refractivity contribution < 1.29 is 36.2 Å². The zero-order valence-electron chi connectivity index (χ0n) is 19.2. The molecule has 1 aliphatic carbocycles. The smallest absolute Gasteiger partial charge is 0.388 e. The zero-order chi connectivity index (χ0) is 26.9. The highest BCUT2D eigenvalue weighted by Gasteiger charge is 2.59. The second kappa shape index (κ2) is 8.47. The van der Waals surface area contributed by atoms with Crippen molar-refractivity contribution in [3.05, 3.63) is 63.7 Å². The maximum absolute atomic E-state index is 14.8. The van der Waals surface area contributed by atoms with Gasteiger partial charge in [0.15, 0.2) is 17.3 Å². The van der Waals surface area contributed by atoms with Crippen molar-refractivity contribution in [3.63, 3.8) is 0 Å². The molecule has 2 aromatic heterocycles. The van der Waals surface area contributed by atoms with E-state index in [4.69, 9.17) is 0 Å². The third-order valence-corrected chi connectivity index (χ3v) is 6.84. The molecule has 3 heterocycles. The van der Waals surface area contributed by atoms with Gasteiger partial charge in [-0.3, -0.25) is 14.2 Å². The molecule has 2 N–H and O–H groups in total. The maximum Gasteiger partial charge on any atom is 0.408 e. The maximum atomic E-state index is 14.8. The number of amides is 1. The van der Waals surface area contributed by atoms with E-state index in [9.17, 15) is 41.0 Å². The number of nitrogens with one attached hydrogen (secondary N) is 1. The molecule has 13 heteroatoms. The summed E-state index contributed by atoms with van der Waals surface area (Å²) in [6, 6.07) is 1.14. The molecule has 1 aromatic carbocycles. The summed E-state index contributed by atoms with van der Waals surface area (Å²) in [6.45, 7) is 1.88. The molecule has 3 aromatic rings. The lowest BCUT2D eigenvalue weighted by Gasteiger charge is -2.22. The summed E-state index contributed by atoms with van der Waals surface area (Å²) in [5.74, 6) is -5.11. The van der Waals surface area contributed by atoms with Crippen molar-refractivity contribution in [2.75, 3.05) is 18.0 Å². The Morgan fingerprint density at radius 3 is 2.49 bits per heavy atom. The summed E-state index contributed by atoms with van der Waals surface area (Å²) in [4.78, 5) is 32.0. The lowest BCUT2D eigenvalue weighted by Crippen LogP contribution is -2.46. The van der Waals surface area contributed by atoms with Crippen LogP contribution in [0.25, 0.3) is 16.7 Å². The molecule has 1 amide bonds. The van der Waals surface area contributed by atoms with Crippen LogP contribution in [0.15, 0.2) is 35.3 Å². The lowest BCUT2D eigenvalue weighted by molar-refractivity contribution is -0.153. The van der Waals surface area contributed by atoms with Gasteiger partial charge in [0.05, 0.1) is 11.0 Å². The van der Waals surface area contributed by atoms with Crippen LogP contribution in [0.2, 0.25) is 0 Å². The van der Waals surface area contributed by atoms with Crippen LogP contribution in [0.5, 0.6) is 0 Å². The van der Waals surface area contributed by atoms with Crippen molar-refractivity contribution in [3.8, 4) is 5.69 Å². The van der Waals surface area contributed by atoms with Gasteiger partial charge < -0.3 is 15.3 Å². The highest BCUT2D eigenvalue weighted by atomic mass is 19.4. The van der Waals surface area contributed by atoms with Crippen molar-refractivity contribution in [2.24, 2.45) is 5.92 Å². The largest absolute Gasteiger partial charge is 0.408 e. The number of carbonyl (C=O) groups excluding carboxylic acids is 1. The number of aliphatic hydroxyl groups is 1. The highest BCUT2D eigenvalue weighted by molar-refractivity contribution is 5.97. The average Bonchev–Trinajstić information content (AvgIpc) is 3.32. The van der Waals surface area contributed by atoms with Crippen molar-refractivity contribution in [1.82, 2.24) is 14.9 Å². The van der Waals surface area contributed by atoms with E-state index in [-0.39, 0.29) is 29.3 Å². The number of hydrogen-bond acceptors (Lipinski definition) is 5. The number of halogens is 6. The first kappa shape index (κ1) is 25.1. The van der Waals surface area contributed by atoms with Crippen LogP contribution in [0.1, 0.15) is 30.1 Å². The molecule has 37 heavy (non-hydrogen) atoms. The Labute approximate surface area is 205 Å². The number of rotatable bonds is 5. The fraction of sp³-hybridized carbons (Fsp3) is 0.375. The van der Waals surface area contributed by atoms with Crippen LogP contribution in [-0.2, 0) is 0 Å². The van der Waals surface area contributed by atoms with Gasteiger partial charge in [-0.1, -0.05) is 6.92 Å². The molecule has 7 nitrogen and oxygen atoms in total. The van der Waals surface area contributed by atoms with Gasteiger partial charge in [0.2, 0.25) is 5.43 Å². The van der Waals surface area contributed by atoms with Gasteiger partial charge in [-0.05, 0) is 25.0 Å². The molecule has 0 bridgehead atoms. The number of aromatic nitrogens is 2. The fourth-order valence-corrected chi connectivity index (χ4v) is 4.75. The Hall–Kier alpha value is -3.61. The van der Waals surface area contributed by atoms with Gasteiger partial charge in [0.25, 0.3) is 5.91 Å². The lowest BCUT2D eigenvalue weighted by atomic mass is 10.1. The molecule has 0 spiro atoms. The van der Waals surface area contributed by atoms with Gasteiger partial charge in [0.1, 0.15) is 28.9 Å². The number of carbonyl (C=O) groups is 1. The number of fused-ring (bicyclic) bond motifs is 2. The van der Waals surface area contributed by atoms with Crippen molar-refractivity contribution in [1.29, 1.82) is 0 Å². The minimum absolute atomic E-state index is 0.0328. The van der Waals surface area contributed by atoms with Crippen LogP contribution in [0, 0.1) is 23.4 Å². The quantitative estimate of drug-likeness (QED) is 0.498. The Bertz CT molecular complexity index is 1470. The molecule has 196 valence electrons. The number of β-amino-alcohol motifs (C(OH)–C–C–N with tert-alkyl or cyclic N) is 1. The van der Waals surface area contributed by atoms with Crippen LogP contribution >= 0.6 is 0 Å². The Balaban J connectivity index is 1.69. The number of pyridine rings is 2. The summed E-state index contributed by atoms with van der Waals surface area (Å²) in [5, 5.41) is 11.8. The van der Waals surface area contributed by atoms with Crippen molar-refractivity contribution in [2.45, 2.75) is 37.6 Å². The molecule has 5 rings (SSSR count). The number of benzene rings is 1. The minimum Gasteiger partial charge on any atom is -0.388 e. The third-order valence-electron chi connectivity index (χ3n) is 6.84. The molecule has 1 saturated heterocycles. The van der Waals surface area contributed by atoms with Crippen LogP contribution < -0.4 is 15.6 Å². The average molecular weight is 526 g/mol. The van der Waals surface area contributed by atoms with E-state index >= 15 is 0 Å².